The summed E-state index contributed by atoms with van der Waals surface area (Å²) in [5.74, 6) is 0.748. The number of benzene rings is 1. The molecule has 1 N–H and O–H groups in total. The van der Waals surface area contributed by atoms with Crippen molar-refractivity contribution in [1.82, 2.24) is 25.5 Å². The minimum absolute atomic E-state index is 0.668. The molecule has 20 heavy (non-hydrogen) atoms. The predicted octanol–water partition coefficient (Wildman–Crippen LogP) is 1.33. The van der Waals surface area contributed by atoms with Gasteiger partial charge in [0.25, 0.3) is 0 Å². The summed E-state index contributed by atoms with van der Waals surface area (Å²) < 4.78 is 1.63. The van der Waals surface area contributed by atoms with Gasteiger partial charge in [0.1, 0.15) is 5.54 Å². The first-order valence-corrected chi connectivity index (χ1v) is 7.21. The van der Waals surface area contributed by atoms with Crippen LogP contribution < -0.4 is 5.32 Å². The van der Waals surface area contributed by atoms with Crippen molar-refractivity contribution in [3.63, 3.8) is 0 Å². The Hall–Kier alpha value is -1.91. The van der Waals surface area contributed by atoms with Crippen molar-refractivity contribution in [2.24, 2.45) is 7.05 Å². The van der Waals surface area contributed by atoms with Gasteiger partial charge in [-0.1, -0.05) is 42.1 Å². The average molecular weight is 288 g/mol. The number of hydrogen-bond donors (Lipinski definition) is 1. The Morgan fingerprint density at radius 1 is 1.40 bits per heavy atom. The van der Waals surface area contributed by atoms with E-state index in [1.54, 1.807) is 23.5 Å². The van der Waals surface area contributed by atoms with Gasteiger partial charge in [-0.25, -0.2) is 4.68 Å². The molecular weight excluding hydrogens is 272 g/mol. The maximum absolute atomic E-state index is 9.57. The summed E-state index contributed by atoms with van der Waals surface area (Å²) in [6, 6.07) is 12.2. The van der Waals surface area contributed by atoms with Gasteiger partial charge in [-0.2, -0.15) is 5.26 Å². The van der Waals surface area contributed by atoms with Crippen molar-refractivity contribution in [3.05, 3.63) is 35.9 Å². The second-order valence-corrected chi connectivity index (χ2v) is 5.38. The molecule has 0 aliphatic carbocycles. The molecule has 104 valence electrons. The van der Waals surface area contributed by atoms with Gasteiger partial charge < -0.3 is 0 Å². The lowest BCUT2D eigenvalue weighted by Gasteiger charge is -2.26. The van der Waals surface area contributed by atoms with Crippen LogP contribution in [0.4, 0.5) is 0 Å². The van der Waals surface area contributed by atoms with Crippen LogP contribution in [-0.4, -0.2) is 33.0 Å². The van der Waals surface area contributed by atoms with Crippen molar-refractivity contribution < 1.29 is 0 Å². The van der Waals surface area contributed by atoms with E-state index < -0.39 is 5.54 Å². The summed E-state index contributed by atoms with van der Waals surface area (Å²) in [6.45, 7) is 0. The number of aromatic nitrogens is 4. The Morgan fingerprint density at radius 2 is 2.15 bits per heavy atom. The minimum Gasteiger partial charge on any atom is -0.299 e. The zero-order valence-corrected chi connectivity index (χ0v) is 12.3. The molecule has 2 aromatic rings. The van der Waals surface area contributed by atoms with E-state index in [2.05, 4.69) is 26.9 Å². The molecule has 0 aliphatic rings. The number of tetrazole rings is 1. The van der Waals surface area contributed by atoms with Gasteiger partial charge >= 0.3 is 0 Å². The van der Waals surface area contributed by atoms with Gasteiger partial charge in [-0.15, -0.1) is 5.10 Å². The summed E-state index contributed by atoms with van der Waals surface area (Å²) in [7, 11) is 3.61. The molecule has 1 atom stereocenters. The highest BCUT2D eigenvalue weighted by atomic mass is 32.2. The Labute approximate surface area is 122 Å². The van der Waals surface area contributed by atoms with Crippen LogP contribution >= 0.6 is 11.8 Å². The van der Waals surface area contributed by atoms with E-state index in [1.807, 2.05) is 37.4 Å². The highest BCUT2D eigenvalue weighted by molar-refractivity contribution is 7.99. The lowest BCUT2D eigenvalue weighted by atomic mass is 9.89. The standard InChI is InChI=1S/C13H16N6S/c1-15-13(10-14,11-6-4-3-5-7-11)8-9-20-12-16-17-18-19(12)2/h3-7,15H,8-9H2,1-2H3. The molecule has 6 nitrogen and oxygen atoms in total. The number of hydrogen-bond acceptors (Lipinski definition) is 6. The first-order chi connectivity index (χ1) is 9.72. The Kier molecular flexibility index (Phi) is 4.71. The molecule has 0 saturated heterocycles. The smallest absolute Gasteiger partial charge is 0.209 e. The fourth-order valence-electron chi connectivity index (χ4n) is 1.95. The van der Waals surface area contributed by atoms with E-state index in [-0.39, 0.29) is 0 Å². The number of nitriles is 1. The molecule has 1 aromatic carbocycles. The molecule has 0 amide bonds. The van der Waals surface area contributed by atoms with Crippen molar-refractivity contribution in [2.75, 3.05) is 12.8 Å². The van der Waals surface area contributed by atoms with Crippen LogP contribution in [0.2, 0.25) is 0 Å². The Bertz CT molecular complexity index is 590. The van der Waals surface area contributed by atoms with Crippen LogP contribution in [0.25, 0.3) is 0 Å². The molecule has 0 bridgehead atoms. The van der Waals surface area contributed by atoms with E-state index in [0.29, 0.717) is 6.42 Å². The van der Waals surface area contributed by atoms with Crippen molar-refractivity contribution in [3.8, 4) is 6.07 Å². The van der Waals surface area contributed by atoms with Crippen molar-refractivity contribution in [2.45, 2.75) is 17.1 Å². The van der Waals surface area contributed by atoms with Crippen LogP contribution in [0.1, 0.15) is 12.0 Å². The van der Waals surface area contributed by atoms with Crippen LogP contribution in [0.15, 0.2) is 35.5 Å². The highest BCUT2D eigenvalue weighted by Gasteiger charge is 2.30. The van der Waals surface area contributed by atoms with E-state index >= 15 is 0 Å². The zero-order valence-electron chi connectivity index (χ0n) is 11.4. The van der Waals surface area contributed by atoms with Crippen molar-refractivity contribution >= 4 is 11.8 Å². The quantitative estimate of drug-likeness (QED) is 0.808. The summed E-state index contributed by atoms with van der Waals surface area (Å²) >= 11 is 1.54. The van der Waals surface area contributed by atoms with Gasteiger partial charge in [-0.05, 0) is 29.5 Å². The third-order valence-corrected chi connectivity index (χ3v) is 4.19. The van der Waals surface area contributed by atoms with Gasteiger partial charge in [-0.3, -0.25) is 5.32 Å². The van der Waals surface area contributed by atoms with Crippen LogP contribution in [-0.2, 0) is 12.6 Å². The number of aryl methyl sites for hydroxylation is 1. The maximum atomic E-state index is 9.57. The largest absolute Gasteiger partial charge is 0.299 e. The fraction of sp³-hybridized carbons (Fsp3) is 0.385. The normalized spacial score (nSPS) is 13.7. The van der Waals surface area contributed by atoms with Gasteiger partial charge in [0.15, 0.2) is 0 Å². The Morgan fingerprint density at radius 3 is 2.70 bits per heavy atom. The van der Waals surface area contributed by atoms with E-state index in [1.165, 1.54) is 0 Å². The summed E-state index contributed by atoms with van der Waals surface area (Å²) in [6.07, 6.45) is 0.668. The number of rotatable bonds is 6. The molecule has 0 fully saturated rings. The van der Waals surface area contributed by atoms with Gasteiger partial charge in [0.2, 0.25) is 5.16 Å². The summed E-state index contributed by atoms with van der Waals surface area (Å²) in [4.78, 5) is 0. The summed E-state index contributed by atoms with van der Waals surface area (Å²) in [5, 5.41) is 24.8. The van der Waals surface area contributed by atoms with Crippen LogP contribution in [0, 0.1) is 11.3 Å². The lowest BCUT2D eigenvalue weighted by Crippen LogP contribution is -2.39. The number of nitrogens with one attached hydrogen (secondary N) is 1. The average Bonchev–Trinajstić information content (AvgIpc) is 2.90. The lowest BCUT2D eigenvalue weighted by molar-refractivity contribution is 0.456. The molecule has 2 rings (SSSR count). The molecule has 1 aromatic heterocycles. The van der Waals surface area contributed by atoms with Crippen molar-refractivity contribution in [1.29, 1.82) is 5.26 Å². The van der Waals surface area contributed by atoms with E-state index in [4.69, 9.17) is 0 Å². The van der Waals surface area contributed by atoms with Gasteiger partial charge in [0, 0.05) is 12.8 Å². The molecule has 1 heterocycles. The molecule has 0 saturated carbocycles. The zero-order chi connectivity index (χ0) is 14.4. The SMILES string of the molecule is CNC(C#N)(CCSc1nnnn1C)c1ccccc1. The first-order valence-electron chi connectivity index (χ1n) is 6.23. The first kappa shape index (κ1) is 14.5. The molecule has 0 radical (unpaired) electrons. The highest BCUT2D eigenvalue weighted by Crippen LogP contribution is 2.27. The second kappa shape index (κ2) is 6.50. The number of thioether (sulfide) groups is 1. The third kappa shape index (κ3) is 2.98. The van der Waals surface area contributed by atoms with Gasteiger partial charge in [0.05, 0.1) is 6.07 Å². The molecule has 0 aliphatic heterocycles. The van der Waals surface area contributed by atoms with E-state index in [9.17, 15) is 5.26 Å². The molecule has 1 unspecified atom stereocenters. The molecular formula is C13H16N6S. The monoisotopic (exact) mass is 288 g/mol. The molecule has 7 heteroatoms. The Balaban J connectivity index is 2.07. The molecule has 0 spiro atoms. The predicted molar refractivity (Wildman–Crippen MR) is 76.9 cm³/mol. The third-order valence-electron chi connectivity index (χ3n) is 3.17. The minimum atomic E-state index is -0.680. The maximum Gasteiger partial charge on any atom is 0.209 e. The number of nitrogens with zero attached hydrogens (tertiary/aromatic N) is 5. The summed E-state index contributed by atoms with van der Waals surface area (Å²) in [5.41, 5.74) is 0.294. The van der Waals surface area contributed by atoms with E-state index in [0.717, 1.165) is 16.5 Å². The van der Waals surface area contributed by atoms with Crippen LogP contribution in [0.3, 0.4) is 0 Å². The van der Waals surface area contributed by atoms with Crippen LogP contribution in [0.5, 0.6) is 0 Å². The fourth-order valence-corrected chi connectivity index (χ4v) is 2.86. The topological polar surface area (TPSA) is 79.4 Å². The second-order valence-electron chi connectivity index (χ2n) is 4.32.